The van der Waals surface area contributed by atoms with Crippen LogP contribution in [-0.4, -0.2) is 35.4 Å². The van der Waals surface area contributed by atoms with Crippen LogP contribution in [0, 0.1) is 11.3 Å². The Balaban J connectivity index is 2.47. The lowest BCUT2D eigenvalue weighted by atomic mass is 10.1. The summed E-state index contributed by atoms with van der Waals surface area (Å²) in [6.07, 6.45) is 0.923. The fraction of sp³-hybridized carbons (Fsp3) is 0.778. The average Bonchev–Trinajstić information content (AvgIpc) is 2.73. The number of amidine groups is 1. The van der Waals surface area contributed by atoms with Gasteiger partial charge in [0.2, 0.25) is 5.91 Å². The van der Waals surface area contributed by atoms with Crippen LogP contribution < -0.4 is 5.73 Å². The second-order valence-corrected chi connectivity index (χ2v) is 4.53. The van der Waals surface area contributed by atoms with Gasteiger partial charge in [0.15, 0.2) is 5.84 Å². The van der Waals surface area contributed by atoms with Crippen molar-refractivity contribution in [2.45, 2.75) is 20.3 Å². The number of amides is 1. The molecule has 3 N–H and O–H groups in total. The lowest BCUT2D eigenvalue weighted by molar-refractivity contribution is -0.131. The normalized spacial score (nSPS) is 24.5. The number of likely N-dealkylation sites (N-methyl/N-ethyl adjacent to an activating group) is 1. The largest absolute Gasteiger partial charge is 0.409 e. The molecule has 0 radical (unpaired) electrons. The van der Waals surface area contributed by atoms with E-state index < -0.39 is 0 Å². The molecule has 5 nitrogen and oxygen atoms in total. The molecule has 1 saturated carbocycles. The van der Waals surface area contributed by atoms with Crippen molar-refractivity contribution in [2.75, 3.05) is 13.6 Å². The van der Waals surface area contributed by atoms with Crippen LogP contribution in [0.2, 0.25) is 0 Å². The van der Waals surface area contributed by atoms with Gasteiger partial charge in [-0.3, -0.25) is 4.79 Å². The van der Waals surface area contributed by atoms with E-state index in [1.807, 2.05) is 0 Å². The van der Waals surface area contributed by atoms with E-state index in [-0.39, 0.29) is 29.6 Å². The zero-order valence-electron chi connectivity index (χ0n) is 8.82. The third-order valence-electron chi connectivity index (χ3n) is 2.72. The van der Waals surface area contributed by atoms with Crippen molar-refractivity contribution in [3.63, 3.8) is 0 Å². The smallest absolute Gasteiger partial charge is 0.226 e. The van der Waals surface area contributed by atoms with Crippen molar-refractivity contribution >= 4 is 11.7 Å². The monoisotopic (exact) mass is 199 g/mol. The highest BCUT2D eigenvalue weighted by Gasteiger charge is 2.51. The summed E-state index contributed by atoms with van der Waals surface area (Å²) in [4.78, 5) is 13.2. The van der Waals surface area contributed by atoms with Crippen LogP contribution in [0.3, 0.4) is 0 Å². The minimum Gasteiger partial charge on any atom is -0.409 e. The van der Waals surface area contributed by atoms with E-state index >= 15 is 0 Å². The molecular formula is C9H17N3O2. The summed E-state index contributed by atoms with van der Waals surface area (Å²) in [5.41, 5.74) is 5.43. The first-order valence-electron chi connectivity index (χ1n) is 4.60. The third-order valence-corrected chi connectivity index (χ3v) is 2.72. The number of hydrogen-bond donors (Lipinski definition) is 2. The molecule has 1 amide bonds. The molecule has 1 unspecified atom stereocenters. The van der Waals surface area contributed by atoms with Gasteiger partial charge >= 0.3 is 0 Å². The summed E-state index contributed by atoms with van der Waals surface area (Å²) in [6.45, 7) is 4.31. The van der Waals surface area contributed by atoms with Gasteiger partial charge in [-0.25, -0.2) is 0 Å². The standard InChI is InChI=1S/C9H17N3O2/c1-9(2)4-6(9)8(13)12(3)5-7(10)11-14/h6,14H,4-5H2,1-3H3,(H2,10,11). The first-order chi connectivity index (χ1) is 6.38. The fourth-order valence-electron chi connectivity index (χ4n) is 1.51. The highest BCUT2D eigenvalue weighted by molar-refractivity contribution is 5.89. The van der Waals surface area contributed by atoms with Crippen molar-refractivity contribution in [2.24, 2.45) is 22.2 Å². The highest BCUT2D eigenvalue weighted by atomic mass is 16.4. The van der Waals surface area contributed by atoms with E-state index in [0.29, 0.717) is 0 Å². The van der Waals surface area contributed by atoms with Crippen LogP contribution in [0.5, 0.6) is 0 Å². The molecule has 0 heterocycles. The van der Waals surface area contributed by atoms with E-state index in [0.717, 1.165) is 6.42 Å². The highest BCUT2D eigenvalue weighted by Crippen LogP contribution is 2.52. The molecule has 0 spiro atoms. The van der Waals surface area contributed by atoms with Crippen molar-refractivity contribution in [3.8, 4) is 0 Å². The van der Waals surface area contributed by atoms with Crippen LogP contribution in [0.1, 0.15) is 20.3 Å². The Kier molecular flexibility index (Phi) is 2.69. The van der Waals surface area contributed by atoms with E-state index in [1.165, 1.54) is 4.90 Å². The SMILES string of the molecule is CN(CC(N)=NO)C(=O)C1CC1(C)C. The Morgan fingerprint density at radius 3 is 2.57 bits per heavy atom. The predicted octanol–water partition coefficient (Wildman–Crippen LogP) is 0.237. The zero-order valence-corrected chi connectivity index (χ0v) is 8.82. The lowest BCUT2D eigenvalue weighted by Crippen LogP contribution is -2.37. The number of nitrogens with two attached hydrogens (primary N) is 1. The molecule has 1 rings (SSSR count). The lowest BCUT2D eigenvalue weighted by Gasteiger charge is -2.16. The maximum atomic E-state index is 11.7. The molecule has 80 valence electrons. The molecule has 14 heavy (non-hydrogen) atoms. The van der Waals surface area contributed by atoms with Gasteiger partial charge in [-0.05, 0) is 11.8 Å². The van der Waals surface area contributed by atoms with Gasteiger partial charge in [0, 0.05) is 13.0 Å². The van der Waals surface area contributed by atoms with E-state index in [4.69, 9.17) is 10.9 Å². The minimum absolute atomic E-state index is 0.0549. The first-order valence-corrected chi connectivity index (χ1v) is 4.60. The number of rotatable bonds is 3. The summed E-state index contributed by atoms with van der Waals surface area (Å²) in [6, 6.07) is 0. The van der Waals surface area contributed by atoms with E-state index in [2.05, 4.69) is 19.0 Å². The quantitative estimate of drug-likeness (QED) is 0.296. The first kappa shape index (κ1) is 10.8. The van der Waals surface area contributed by atoms with Crippen LogP contribution in [0.4, 0.5) is 0 Å². The molecule has 5 heteroatoms. The molecule has 0 aromatic carbocycles. The molecular weight excluding hydrogens is 182 g/mol. The molecule has 0 saturated heterocycles. The van der Waals surface area contributed by atoms with Gasteiger partial charge < -0.3 is 15.8 Å². The summed E-state index contributed by atoms with van der Waals surface area (Å²) in [7, 11) is 1.66. The number of carbonyl (C=O) groups excluding carboxylic acids is 1. The molecule has 0 bridgehead atoms. The number of carbonyl (C=O) groups is 1. The van der Waals surface area contributed by atoms with Gasteiger partial charge in [0.1, 0.15) is 0 Å². The molecule has 0 aliphatic heterocycles. The van der Waals surface area contributed by atoms with E-state index in [9.17, 15) is 4.79 Å². The minimum atomic E-state index is 0.0549. The predicted molar refractivity (Wildman–Crippen MR) is 52.9 cm³/mol. The Bertz CT molecular complexity index is 273. The average molecular weight is 199 g/mol. The number of nitrogens with zero attached hydrogens (tertiary/aromatic N) is 2. The van der Waals surface area contributed by atoms with Crippen LogP contribution >= 0.6 is 0 Å². The molecule has 0 aromatic heterocycles. The maximum Gasteiger partial charge on any atom is 0.226 e. The third kappa shape index (κ3) is 2.16. The molecule has 0 aromatic rings. The topological polar surface area (TPSA) is 78.9 Å². The van der Waals surface area contributed by atoms with Crippen molar-refractivity contribution in [1.29, 1.82) is 0 Å². The van der Waals surface area contributed by atoms with Gasteiger partial charge in [-0.1, -0.05) is 19.0 Å². The number of hydrogen-bond acceptors (Lipinski definition) is 3. The number of oxime groups is 1. The van der Waals surface area contributed by atoms with E-state index in [1.54, 1.807) is 7.05 Å². The second kappa shape index (κ2) is 3.48. The second-order valence-electron chi connectivity index (χ2n) is 4.53. The maximum absolute atomic E-state index is 11.7. The van der Waals surface area contributed by atoms with Gasteiger partial charge in [0.05, 0.1) is 6.54 Å². The van der Waals surface area contributed by atoms with Crippen LogP contribution in [0.25, 0.3) is 0 Å². The summed E-state index contributed by atoms with van der Waals surface area (Å²) >= 11 is 0. The summed E-state index contributed by atoms with van der Waals surface area (Å²) < 4.78 is 0. The van der Waals surface area contributed by atoms with Gasteiger partial charge in [-0.15, -0.1) is 0 Å². The van der Waals surface area contributed by atoms with Crippen LogP contribution in [-0.2, 0) is 4.79 Å². The van der Waals surface area contributed by atoms with Crippen molar-refractivity contribution in [1.82, 2.24) is 4.90 Å². The van der Waals surface area contributed by atoms with Gasteiger partial charge in [0.25, 0.3) is 0 Å². The van der Waals surface area contributed by atoms with Crippen molar-refractivity contribution in [3.05, 3.63) is 0 Å². The molecule has 1 aliphatic rings. The van der Waals surface area contributed by atoms with Crippen LogP contribution in [0.15, 0.2) is 5.16 Å². The fourth-order valence-corrected chi connectivity index (χ4v) is 1.51. The van der Waals surface area contributed by atoms with Crippen molar-refractivity contribution < 1.29 is 10.0 Å². The Morgan fingerprint density at radius 1 is 1.71 bits per heavy atom. The Labute approximate surface area is 83.6 Å². The zero-order chi connectivity index (χ0) is 10.9. The molecule has 1 aliphatic carbocycles. The molecule has 1 atom stereocenters. The molecule has 1 fully saturated rings. The Hall–Kier alpha value is -1.26. The summed E-state index contributed by atoms with van der Waals surface area (Å²) in [5.74, 6) is 0.222. The Morgan fingerprint density at radius 2 is 2.21 bits per heavy atom. The van der Waals surface area contributed by atoms with Gasteiger partial charge in [-0.2, -0.15) is 0 Å². The summed E-state index contributed by atoms with van der Waals surface area (Å²) in [5, 5.41) is 11.2.